The van der Waals surface area contributed by atoms with E-state index in [1.54, 1.807) is 0 Å². The van der Waals surface area contributed by atoms with Crippen molar-refractivity contribution in [2.24, 2.45) is 0 Å². The molecule has 0 atom stereocenters. The zero-order chi connectivity index (χ0) is 13.8. The summed E-state index contributed by atoms with van der Waals surface area (Å²) in [6, 6.07) is 12.4. The molecule has 19 heavy (non-hydrogen) atoms. The van der Waals surface area contributed by atoms with Crippen molar-refractivity contribution >= 4 is 17.2 Å². The van der Waals surface area contributed by atoms with Gasteiger partial charge in [-0.1, -0.05) is 26.0 Å². The third-order valence-corrected chi connectivity index (χ3v) is 3.09. The summed E-state index contributed by atoms with van der Waals surface area (Å²) in [5.41, 5.74) is 3.47. The van der Waals surface area contributed by atoms with Gasteiger partial charge in [-0.2, -0.15) is 0 Å². The molecule has 0 fully saturated rings. The van der Waals surface area contributed by atoms with E-state index in [-0.39, 0.29) is 0 Å². The van der Waals surface area contributed by atoms with Gasteiger partial charge in [-0.15, -0.1) is 0 Å². The molecule has 3 heteroatoms. The topological polar surface area (TPSA) is 28.2 Å². The van der Waals surface area contributed by atoms with Gasteiger partial charge in [-0.25, -0.2) is 4.98 Å². The molecular formula is C16H21N3. The van der Waals surface area contributed by atoms with Gasteiger partial charge in [0, 0.05) is 31.7 Å². The third kappa shape index (κ3) is 3.25. The number of rotatable bonds is 4. The summed E-state index contributed by atoms with van der Waals surface area (Å²) >= 11 is 0. The van der Waals surface area contributed by atoms with Crippen LogP contribution in [-0.4, -0.2) is 19.1 Å². The van der Waals surface area contributed by atoms with Crippen molar-refractivity contribution in [3.63, 3.8) is 0 Å². The van der Waals surface area contributed by atoms with Gasteiger partial charge in [0.15, 0.2) is 0 Å². The van der Waals surface area contributed by atoms with Crippen LogP contribution in [0, 0.1) is 0 Å². The second-order valence-corrected chi connectivity index (χ2v) is 5.17. The molecule has 0 bridgehead atoms. The molecule has 100 valence electrons. The molecule has 0 unspecified atom stereocenters. The summed E-state index contributed by atoms with van der Waals surface area (Å²) in [5.74, 6) is 1.39. The van der Waals surface area contributed by atoms with Gasteiger partial charge in [0.05, 0.1) is 0 Å². The highest BCUT2D eigenvalue weighted by Gasteiger charge is 2.07. The highest BCUT2D eigenvalue weighted by Crippen LogP contribution is 2.26. The van der Waals surface area contributed by atoms with Gasteiger partial charge >= 0.3 is 0 Å². The van der Waals surface area contributed by atoms with E-state index >= 15 is 0 Å². The maximum atomic E-state index is 4.45. The molecule has 0 aliphatic heterocycles. The van der Waals surface area contributed by atoms with Crippen LogP contribution < -0.4 is 10.2 Å². The molecule has 1 N–H and O–H groups in total. The molecule has 3 nitrogen and oxygen atoms in total. The van der Waals surface area contributed by atoms with Crippen molar-refractivity contribution < 1.29 is 0 Å². The summed E-state index contributed by atoms with van der Waals surface area (Å²) in [7, 11) is 4.08. The highest BCUT2D eigenvalue weighted by atomic mass is 15.1. The smallest absolute Gasteiger partial charge is 0.133 e. The van der Waals surface area contributed by atoms with Crippen LogP contribution in [-0.2, 0) is 0 Å². The SMILES string of the molecule is CC(C)c1cccnc1Nc1cccc(N(C)C)c1. The number of hydrogen-bond acceptors (Lipinski definition) is 3. The molecule has 1 heterocycles. The largest absolute Gasteiger partial charge is 0.378 e. The maximum absolute atomic E-state index is 4.45. The first-order chi connectivity index (χ1) is 9.08. The van der Waals surface area contributed by atoms with E-state index in [1.807, 2.05) is 26.4 Å². The van der Waals surface area contributed by atoms with Gasteiger partial charge in [0.25, 0.3) is 0 Å². The summed E-state index contributed by atoms with van der Waals surface area (Å²) < 4.78 is 0. The fourth-order valence-electron chi connectivity index (χ4n) is 1.99. The molecule has 2 aromatic rings. The third-order valence-electron chi connectivity index (χ3n) is 3.09. The molecule has 0 spiro atoms. The Kier molecular flexibility index (Phi) is 4.05. The monoisotopic (exact) mass is 255 g/mol. The minimum atomic E-state index is 0.452. The molecule has 1 aromatic carbocycles. The lowest BCUT2D eigenvalue weighted by Gasteiger charge is -2.16. The van der Waals surface area contributed by atoms with Crippen molar-refractivity contribution in [2.75, 3.05) is 24.3 Å². The molecule has 0 aliphatic carbocycles. The Morgan fingerprint density at radius 3 is 2.58 bits per heavy atom. The van der Waals surface area contributed by atoms with Crippen molar-refractivity contribution in [3.8, 4) is 0 Å². The summed E-state index contributed by atoms with van der Waals surface area (Å²) in [6.45, 7) is 4.36. The first-order valence-electron chi connectivity index (χ1n) is 6.57. The average molecular weight is 255 g/mol. The molecule has 0 saturated heterocycles. The molecule has 0 aliphatic rings. The molecule has 1 aromatic heterocycles. The van der Waals surface area contributed by atoms with Crippen molar-refractivity contribution in [3.05, 3.63) is 48.2 Å². The van der Waals surface area contributed by atoms with E-state index in [4.69, 9.17) is 0 Å². The Morgan fingerprint density at radius 1 is 1.11 bits per heavy atom. The van der Waals surface area contributed by atoms with Crippen LogP contribution in [0.1, 0.15) is 25.3 Å². The highest BCUT2D eigenvalue weighted by molar-refractivity contribution is 5.65. The minimum absolute atomic E-state index is 0.452. The zero-order valence-corrected chi connectivity index (χ0v) is 12.0. The molecule has 2 rings (SSSR count). The van der Waals surface area contributed by atoms with Crippen LogP contribution in [0.25, 0.3) is 0 Å². The van der Waals surface area contributed by atoms with E-state index < -0.39 is 0 Å². The fraction of sp³-hybridized carbons (Fsp3) is 0.312. The van der Waals surface area contributed by atoms with Gasteiger partial charge in [0.2, 0.25) is 0 Å². The Bertz CT molecular complexity index is 547. The van der Waals surface area contributed by atoms with Crippen LogP contribution in [0.3, 0.4) is 0 Å². The first-order valence-corrected chi connectivity index (χ1v) is 6.57. The average Bonchev–Trinajstić information content (AvgIpc) is 2.39. The lowest BCUT2D eigenvalue weighted by atomic mass is 10.0. The second-order valence-electron chi connectivity index (χ2n) is 5.17. The lowest BCUT2D eigenvalue weighted by molar-refractivity contribution is 0.861. The number of anilines is 3. The predicted molar refractivity (Wildman–Crippen MR) is 82.4 cm³/mol. The van der Waals surface area contributed by atoms with Crippen molar-refractivity contribution in [1.29, 1.82) is 0 Å². The summed E-state index contributed by atoms with van der Waals surface area (Å²) in [5, 5.41) is 3.41. The summed E-state index contributed by atoms with van der Waals surface area (Å²) in [4.78, 5) is 6.54. The normalized spacial score (nSPS) is 10.6. The maximum Gasteiger partial charge on any atom is 0.133 e. The van der Waals surface area contributed by atoms with Crippen LogP contribution in [0.5, 0.6) is 0 Å². The number of nitrogens with zero attached hydrogens (tertiary/aromatic N) is 2. The van der Waals surface area contributed by atoms with E-state index in [0.717, 1.165) is 11.5 Å². The van der Waals surface area contributed by atoms with Crippen molar-refractivity contribution in [1.82, 2.24) is 4.98 Å². The van der Waals surface area contributed by atoms with Crippen LogP contribution in [0.2, 0.25) is 0 Å². The van der Waals surface area contributed by atoms with E-state index in [0.29, 0.717) is 5.92 Å². The fourth-order valence-corrected chi connectivity index (χ4v) is 1.99. The van der Waals surface area contributed by atoms with E-state index in [2.05, 4.69) is 59.4 Å². The van der Waals surface area contributed by atoms with Gasteiger partial charge in [0.1, 0.15) is 5.82 Å². The molecule has 0 amide bonds. The number of benzene rings is 1. The Hall–Kier alpha value is -2.03. The first kappa shape index (κ1) is 13.4. The van der Waals surface area contributed by atoms with Gasteiger partial charge < -0.3 is 10.2 Å². The number of aromatic nitrogens is 1. The van der Waals surface area contributed by atoms with E-state index in [1.165, 1.54) is 11.3 Å². The quantitative estimate of drug-likeness (QED) is 0.894. The number of pyridine rings is 1. The Morgan fingerprint density at radius 2 is 1.89 bits per heavy atom. The van der Waals surface area contributed by atoms with Crippen LogP contribution >= 0.6 is 0 Å². The molecule has 0 saturated carbocycles. The standard InChI is InChI=1S/C16H21N3/c1-12(2)15-9-6-10-17-16(15)18-13-7-5-8-14(11-13)19(3)4/h5-12H,1-4H3,(H,17,18). The number of nitrogens with one attached hydrogen (secondary N) is 1. The minimum Gasteiger partial charge on any atom is -0.378 e. The van der Waals surface area contributed by atoms with Crippen molar-refractivity contribution in [2.45, 2.75) is 19.8 Å². The Balaban J connectivity index is 2.29. The zero-order valence-electron chi connectivity index (χ0n) is 12.0. The van der Waals surface area contributed by atoms with Gasteiger partial charge in [-0.05, 0) is 35.7 Å². The van der Waals surface area contributed by atoms with Crippen LogP contribution in [0.15, 0.2) is 42.6 Å². The van der Waals surface area contributed by atoms with Crippen LogP contribution in [0.4, 0.5) is 17.2 Å². The Labute approximate surface area is 115 Å². The molecular weight excluding hydrogens is 234 g/mol. The molecule has 0 radical (unpaired) electrons. The lowest BCUT2D eigenvalue weighted by Crippen LogP contribution is -2.08. The predicted octanol–water partition coefficient (Wildman–Crippen LogP) is 4.01. The summed E-state index contributed by atoms with van der Waals surface area (Å²) in [6.07, 6.45) is 1.82. The van der Waals surface area contributed by atoms with E-state index in [9.17, 15) is 0 Å². The number of hydrogen-bond donors (Lipinski definition) is 1. The van der Waals surface area contributed by atoms with Gasteiger partial charge in [-0.3, -0.25) is 0 Å². The second kappa shape index (κ2) is 5.74.